The molecule has 0 radical (unpaired) electrons. The van der Waals surface area contributed by atoms with Crippen molar-refractivity contribution < 1.29 is 18.1 Å². The highest BCUT2D eigenvalue weighted by Gasteiger charge is 2.05. The molecule has 0 spiro atoms. The van der Waals surface area contributed by atoms with Crippen LogP contribution in [0.1, 0.15) is 110 Å². The molecule has 5 heteroatoms. The highest BCUT2D eigenvalue weighted by molar-refractivity contribution is 7.85. The van der Waals surface area contributed by atoms with Crippen molar-refractivity contribution in [2.45, 2.75) is 116 Å². The van der Waals surface area contributed by atoms with Crippen LogP contribution in [0.25, 0.3) is 0 Å². The lowest BCUT2D eigenvalue weighted by Gasteiger charge is -2.10. The Labute approximate surface area is 150 Å². The van der Waals surface area contributed by atoms with Gasteiger partial charge in [0.05, 0.1) is 11.9 Å². The van der Waals surface area contributed by atoms with Gasteiger partial charge in [0, 0.05) is 0 Å². The second kappa shape index (κ2) is 16.3. The topological polar surface area (TPSA) is 74.6 Å². The van der Waals surface area contributed by atoms with Crippen molar-refractivity contribution in [3.63, 3.8) is 0 Å². The van der Waals surface area contributed by atoms with Crippen LogP contribution < -0.4 is 0 Å². The first-order chi connectivity index (χ1) is 11.5. The van der Waals surface area contributed by atoms with Crippen molar-refractivity contribution in [1.82, 2.24) is 0 Å². The zero-order chi connectivity index (χ0) is 18.1. The Morgan fingerprint density at radius 1 is 0.667 bits per heavy atom. The Hall–Kier alpha value is -0.130. The van der Waals surface area contributed by atoms with Crippen LogP contribution in [0, 0.1) is 0 Å². The molecule has 0 fully saturated rings. The smallest absolute Gasteiger partial charge is 0.264 e. The normalized spacial score (nSPS) is 13.3. The van der Waals surface area contributed by atoms with Gasteiger partial charge in [0.2, 0.25) is 0 Å². The maximum absolute atomic E-state index is 10.6. The maximum atomic E-state index is 10.6. The largest absolute Gasteiger partial charge is 0.393 e. The van der Waals surface area contributed by atoms with Gasteiger partial charge in [0.25, 0.3) is 10.1 Å². The first-order valence-corrected chi connectivity index (χ1v) is 11.7. The molecule has 0 rings (SSSR count). The Balaban J connectivity index is 3.22. The summed E-state index contributed by atoms with van der Waals surface area (Å²) in [6.45, 7) is 2.25. The quantitative estimate of drug-likeness (QED) is 0.249. The third kappa shape index (κ3) is 19.9. The molecule has 0 saturated heterocycles. The summed E-state index contributed by atoms with van der Waals surface area (Å²) in [7, 11) is -3.80. The van der Waals surface area contributed by atoms with E-state index in [1.54, 1.807) is 0 Å². The van der Waals surface area contributed by atoms with Gasteiger partial charge in [-0.25, -0.2) is 0 Å². The van der Waals surface area contributed by atoms with Crippen molar-refractivity contribution in [3.8, 4) is 0 Å². The summed E-state index contributed by atoms with van der Waals surface area (Å²) >= 11 is 0. The van der Waals surface area contributed by atoms with Gasteiger partial charge in [-0.3, -0.25) is 4.55 Å². The fraction of sp³-hybridized carbons (Fsp3) is 1.00. The molecule has 0 aliphatic heterocycles. The van der Waals surface area contributed by atoms with E-state index in [2.05, 4.69) is 6.92 Å². The van der Waals surface area contributed by atoms with Gasteiger partial charge in [-0.1, -0.05) is 90.4 Å². The van der Waals surface area contributed by atoms with E-state index < -0.39 is 10.1 Å². The minimum absolute atomic E-state index is 0.145. The minimum atomic E-state index is -3.80. The van der Waals surface area contributed by atoms with Crippen LogP contribution in [0.4, 0.5) is 0 Å². The molecule has 0 amide bonds. The predicted octanol–water partition coefficient (Wildman–Crippen LogP) is 5.50. The molecule has 0 bridgehead atoms. The molecule has 0 aliphatic carbocycles. The van der Waals surface area contributed by atoms with E-state index in [1.165, 1.54) is 57.8 Å². The van der Waals surface area contributed by atoms with Gasteiger partial charge in [-0.2, -0.15) is 8.42 Å². The van der Waals surface area contributed by atoms with Crippen LogP contribution in [0.2, 0.25) is 0 Å². The third-order valence-electron chi connectivity index (χ3n) is 4.58. The fourth-order valence-electron chi connectivity index (χ4n) is 3.03. The maximum Gasteiger partial charge on any atom is 0.264 e. The predicted molar refractivity (Wildman–Crippen MR) is 102 cm³/mol. The van der Waals surface area contributed by atoms with Crippen LogP contribution in [-0.2, 0) is 10.1 Å². The van der Waals surface area contributed by atoms with E-state index in [0.717, 1.165) is 38.5 Å². The molecule has 0 aromatic rings. The second-order valence-electron chi connectivity index (χ2n) is 7.11. The van der Waals surface area contributed by atoms with E-state index in [4.69, 9.17) is 4.55 Å². The van der Waals surface area contributed by atoms with Gasteiger partial charge >= 0.3 is 0 Å². The summed E-state index contributed by atoms with van der Waals surface area (Å²) < 4.78 is 29.7. The summed E-state index contributed by atoms with van der Waals surface area (Å²) in [4.78, 5) is 0. The fourth-order valence-corrected chi connectivity index (χ4v) is 3.60. The summed E-state index contributed by atoms with van der Waals surface area (Å²) in [5, 5.41) is 9.92. The number of aliphatic hydroxyl groups excluding tert-OH is 1. The van der Waals surface area contributed by atoms with E-state index in [1.807, 2.05) is 0 Å². The Morgan fingerprint density at radius 2 is 1.04 bits per heavy atom. The van der Waals surface area contributed by atoms with Crippen molar-refractivity contribution in [2.75, 3.05) is 5.75 Å². The van der Waals surface area contributed by atoms with Gasteiger partial charge < -0.3 is 5.11 Å². The number of hydrogen-bond acceptors (Lipinski definition) is 3. The molecule has 0 aromatic heterocycles. The van der Waals surface area contributed by atoms with Gasteiger partial charge in [0.15, 0.2) is 0 Å². The van der Waals surface area contributed by atoms with E-state index in [9.17, 15) is 13.5 Å². The van der Waals surface area contributed by atoms with Gasteiger partial charge in [-0.05, 0) is 19.3 Å². The molecule has 0 heterocycles. The second-order valence-corrected chi connectivity index (χ2v) is 8.69. The van der Waals surface area contributed by atoms with Crippen LogP contribution in [0.15, 0.2) is 0 Å². The molecule has 1 unspecified atom stereocenters. The highest BCUT2D eigenvalue weighted by atomic mass is 32.2. The van der Waals surface area contributed by atoms with E-state index in [-0.39, 0.29) is 11.9 Å². The van der Waals surface area contributed by atoms with Crippen molar-refractivity contribution in [1.29, 1.82) is 0 Å². The van der Waals surface area contributed by atoms with E-state index in [0.29, 0.717) is 6.42 Å². The Kier molecular flexibility index (Phi) is 16.3. The van der Waals surface area contributed by atoms with Crippen molar-refractivity contribution in [2.24, 2.45) is 0 Å². The van der Waals surface area contributed by atoms with Crippen LogP contribution >= 0.6 is 0 Å². The molecule has 4 nitrogen and oxygen atoms in total. The molecule has 0 aliphatic rings. The zero-order valence-electron chi connectivity index (χ0n) is 15.7. The molecule has 0 saturated carbocycles. The van der Waals surface area contributed by atoms with Gasteiger partial charge in [-0.15, -0.1) is 0 Å². The average molecular weight is 365 g/mol. The van der Waals surface area contributed by atoms with Crippen molar-refractivity contribution >= 4 is 10.1 Å². The molecule has 2 N–H and O–H groups in total. The van der Waals surface area contributed by atoms with E-state index >= 15 is 0 Å². The average Bonchev–Trinajstić information content (AvgIpc) is 2.51. The third-order valence-corrected chi connectivity index (χ3v) is 5.39. The SMILES string of the molecule is CCCCCCCCCCCCC(O)CCCCCCS(=O)(=O)O. The van der Waals surface area contributed by atoms with Gasteiger partial charge in [0.1, 0.15) is 0 Å². The minimum Gasteiger partial charge on any atom is -0.393 e. The molecule has 146 valence electrons. The number of hydrogen-bond donors (Lipinski definition) is 2. The first kappa shape index (κ1) is 23.9. The zero-order valence-corrected chi connectivity index (χ0v) is 16.5. The molecular weight excluding hydrogens is 324 g/mol. The molecular formula is C19H40O4S. The summed E-state index contributed by atoms with van der Waals surface area (Å²) in [5.74, 6) is -0.145. The van der Waals surface area contributed by atoms with Crippen molar-refractivity contribution in [3.05, 3.63) is 0 Å². The standard InChI is InChI=1S/C19H40O4S/c1-2-3-4-5-6-7-8-9-10-13-16-19(20)17-14-11-12-15-18-24(21,22)23/h19-20H,2-18H2,1H3,(H,21,22,23). The van der Waals surface area contributed by atoms with Crippen LogP contribution in [0.3, 0.4) is 0 Å². The summed E-state index contributed by atoms with van der Waals surface area (Å²) in [6.07, 6.45) is 17.8. The lowest BCUT2D eigenvalue weighted by molar-refractivity contribution is 0.147. The Bertz CT molecular complexity index is 354. The summed E-state index contributed by atoms with van der Waals surface area (Å²) in [5.41, 5.74) is 0. The summed E-state index contributed by atoms with van der Waals surface area (Å²) in [6, 6.07) is 0. The first-order valence-electron chi connectivity index (χ1n) is 10.1. The van der Waals surface area contributed by atoms with Crippen LogP contribution in [0.5, 0.6) is 0 Å². The number of unbranched alkanes of at least 4 members (excludes halogenated alkanes) is 12. The number of aliphatic hydroxyl groups is 1. The van der Waals surface area contributed by atoms with Crippen LogP contribution in [-0.4, -0.2) is 29.9 Å². The highest BCUT2D eigenvalue weighted by Crippen LogP contribution is 2.14. The molecule has 24 heavy (non-hydrogen) atoms. The lowest BCUT2D eigenvalue weighted by Crippen LogP contribution is -2.06. The monoisotopic (exact) mass is 364 g/mol. The molecule has 1 atom stereocenters. The molecule has 0 aromatic carbocycles. The Morgan fingerprint density at radius 3 is 1.46 bits per heavy atom. The number of rotatable bonds is 18. The lowest BCUT2D eigenvalue weighted by atomic mass is 10.0.